The summed E-state index contributed by atoms with van der Waals surface area (Å²) in [4.78, 5) is 25.4. The van der Waals surface area contributed by atoms with Gasteiger partial charge >= 0.3 is 11.9 Å². The summed E-state index contributed by atoms with van der Waals surface area (Å²) in [5, 5.41) is 0. The van der Waals surface area contributed by atoms with Crippen LogP contribution in [0.3, 0.4) is 0 Å². The number of esters is 2. The first kappa shape index (κ1) is 64.3. The fourth-order valence-corrected chi connectivity index (χ4v) is 7.35. The van der Waals surface area contributed by atoms with Crippen LogP contribution in [0.1, 0.15) is 239 Å². The van der Waals surface area contributed by atoms with Crippen molar-refractivity contribution in [3.05, 3.63) is 122 Å². The van der Waals surface area contributed by atoms with E-state index in [2.05, 4.69) is 136 Å². The fraction of sp³-hybridized carbons (Fsp3) is 0.651. The van der Waals surface area contributed by atoms with Crippen LogP contribution in [-0.2, 0) is 23.8 Å². The van der Waals surface area contributed by atoms with Crippen LogP contribution >= 0.6 is 0 Å². The van der Waals surface area contributed by atoms with E-state index in [9.17, 15) is 9.59 Å². The smallest absolute Gasteiger partial charge is 0.306 e. The lowest BCUT2D eigenvalue weighted by molar-refractivity contribution is -0.162. The van der Waals surface area contributed by atoms with Gasteiger partial charge in [-0.1, -0.05) is 251 Å². The first-order valence-electron chi connectivity index (χ1n) is 28.1. The Morgan fingerprint density at radius 1 is 0.338 bits per heavy atom. The molecule has 386 valence electrons. The van der Waals surface area contributed by atoms with E-state index in [1.807, 2.05) is 6.08 Å². The van der Waals surface area contributed by atoms with Crippen molar-refractivity contribution in [2.24, 2.45) is 0 Å². The molecule has 0 aromatic carbocycles. The van der Waals surface area contributed by atoms with E-state index >= 15 is 0 Å². The highest BCUT2D eigenvalue weighted by Gasteiger charge is 2.17. The molecule has 0 rings (SSSR count). The lowest BCUT2D eigenvalue weighted by atomic mass is 10.0. The van der Waals surface area contributed by atoms with Crippen molar-refractivity contribution in [2.75, 3.05) is 19.8 Å². The number of unbranched alkanes of at least 4 members (excludes halogenated alkanes) is 19. The van der Waals surface area contributed by atoms with Gasteiger partial charge in [-0.15, -0.1) is 0 Å². The van der Waals surface area contributed by atoms with Crippen molar-refractivity contribution < 1.29 is 23.8 Å². The van der Waals surface area contributed by atoms with Gasteiger partial charge in [-0.05, 0) is 96.3 Å². The Balaban J connectivity index is 4.49. The topological polar surface area (TPSA) is 61.8 Å². The SMILES string of the molecule is CC/C=C\C/C=C\C/C=C\C/C=C\C/C=C\C/C=C\CCC(=O)O[C@H](COCCCCCCCCCCCCCCCCCC)COC(=O)CCC/C=C\C/C=C\C/C=C\C/C=C\CCCCC. The Morgan fingerprint density at radius 2 is 0.691 bits per heavy atom. The van der Waals surface area contributed by atoms with Gasteiger partial charge in [0.25, 0.3) is 0 Å². The summed E-state index contributed by atoms with van der Waals surface area (Å²) in [7, 11) is 0. The molecule has 0 saturated heterocycles. The largest absolute Gasteiger partial charge is 0.462 e. The van der Waals surface area contributed by atoms with Crippen LogP contribution in [0.4, 0.5) is 0 Å². The number of ether oxygens (including phenoxy) is 3. The summed E-state index contributed by atoms with van der Waals surface area (Å²) in [5.41, 5.74) is 0. The number of allylic oxidation sites excluding steroid dienone is 20. The monoisotopic (exact) mass is 941 g/mol. The van der Waals surface area contributed by atoms with Crippen LogP contribution in [-0.4, -0.2) is 37.9 Å². The minimum atomic E-state index is -0.605. The van der Waals surface area contributed by atoms with Crippen molar-refractivity contribution in [1.29, 1.82) is 0 Å². The Hall–Kier alpha value is -3.70. The van der Waals surface area contributed by atoms with Crippen LogP contribution in [0, 0.1) is 0 Å². The molecule has 0 aliphatic carbocycles. The summed E-state index contributed by atoms with van der Waals surface area (Å²) in [6.45, 7) is 7.56. The highest BCUT2D eigenvalue weighted by molar-refractivity contribution is 5.70. The summed E-state index contributed by atoms with van der Waals surface area (Å²) in [5.74, 6) is -0.560. The maximum Gasteiger partial charge on any atom is 0.306 e. The predicted octanol–water partition coefficient (Wildman–Crippen LogP) is 19.3. The number of hydrogen-bond acceptors (Lipinski definition) is 5. The van der Waals surface area contributed by atoms with E-state index in [0.29, 0.717) is 19.4 Å². The van der Waals surface area contributed by atoms with E-state index in [-0.39, 0.29) is 31.6 Å². The molecule has 5 nitrogen and oxygen atoms in total. The lowest BCUT2D eigenvalue weighted by Gasteiger charge is -2.18. The molecule has 68 heavy (non-hydrogen) atoms. The van der Waals surface area contributed by atoms with Gasteiger partial charge in [-0.25, -0.2) is 0 Å². The predicted molar refractivity (Wildman–Crippen MR) is 297 cm³/mol. The maximum absolute atomic E-state index is 12.8. The fourth-order valence-electron chi connectivity index (χ4n) is 7.35. The van der Waals surface area contributed by atoms with E-state index in [1.165, 1.54) is 116 Å². The van der Waals surface area contributed by atoms with E-state index in [1.54, 1.807) is 0 Å². The molecule has 0 unspecified atom stereocenters. The molecule has 0 bridgehead atoms. The number of hydrogen-bond donors (Lipinski definition) is 0. The summed E-state index contributed by atoms with van der Waals surface area (Å²) in [6.07, 6.45) is 80.9. The first-order chi connectivity index (χ1) is 33.6. The van der Waals surface area contributed by atoms with Crippen LogP contribution in [0.5, 0.6) is 0 Å². The highest BCUT2D eigenvalue weighted by Crippen LogP contribution is 2.14. The molecule has 0 amide bonds. The summed E-state index contributed by atoms with van der Waals surface area (Å²) >= 11 is 0. The van der Waals surface area contributed by atoms with Gasteiger partial charge in [0.1, 0.15) is 6.61 Å². The summed E-state index contributed by atoms with van der Waals surface area (Å²) in [6, 6.07) is 0. The Kier molecular flexibility index (Phi) is 54.5. The highest BCUT2D eigenvalue weighted by atomic mass is 16.6. The first-order valence-corrected chi connectivity index (χ1v) is 28.1. The van der Waals surface area contributed by atoms with E-state index < -0.39 is 6.10 Å². The number of rotatable bonds is 50. The minimum absolute atomic E-state index is 0.0216. The Bertz CT molecular complexity index is 1390. The molecular formula is C63H104O5. The maximum atomic E-state index is 12.8. The molecule has 0 fully saturated rings. The third kappa shape index (κ3) is 54.9. The summed E-state index contributed by atoms with van der Waals surface area (Å²) < 4.78 is 17.3. The van der Waals surface area contributed by atoms with Crippen LogP contribution in [0.2, 0.25) is 0 Å². The lowest BCUT2D eigenvalue weighted by Crippen LogP contribution is -2.30. The molecule has 0 aliphatic rings. The molecule has 0 saturated carbocycles. The third-order valence-electron chi connectivity index (χ3n) is 11.5. The van der Waals surface area contributed by atoms with Crippen LogP contribution in [0.25, 0.3) is 0 Å². The zero-order chi connectivity index (χ0) is 49.2. The van der Waals surface area contributed by atoms with Gasteiger partial charge in [0.05, 0.1) is 6.61 Å². The molecule has 0 aliphatic heterocycles. The third-order valence-corrected chi connectivity index (χ3v) is 11.5. The second kappa shape index (κ2) is 57.6. The Labute approximate surface area is 420 Å². The number of carbonyl (C=O) groups excluding carboxylic acids is 2. The quantitative estimate of drug-likeness (QED) is 0.0345. The van der Waals surface area contributed by atoms with Crippen molar-refractivity contribution >= 4 is 11.9 Å². The van der Waals surface area contributed by atoms with Crippen molar-refractivity contribution in [3.8, 4) is 0 Å². The van der Waals surface area contributed by atoms with Gasteiger partial charge < -0.3 is 14.2 Å². The molecule has 5 heteroatoms. The average Bonchev–Trinajstić information content (AvgIpc) is 3.34. The molecule has 0 spiro atoms. The number of carbonyl (C=O) groups is 2. The molecular weight excluding hydrogens is 837 g/mol. The van der Waals surface area contributed by atoms with Gasteiger partial charge in [-0.2, -0.15) is 0 Å². The van der Waals surface area contributed by atoms with Crippen molar-refractivity contribution in [1.82, 2.24) is 0 Å². The molecule has 0 N–H and O–H groups in total. The average molecular weight is 942 g/mol. The van der Waals surface area contributed by atoms with E-state index in [0.717, 1.165) is 83.5 Å². The van der Waals surface area contributed by atoms with Gasteiger partial charge in [0.2, 0.25) is 0 Å². The molecule has 0 aromatic rings. The van der Waals surface area contributed by atoms with Crippen LogP contribution < -0.4 is 0 Å². The molecule has 0 aromatic heterocycles. The molecule has 1 atom stereocenters. The normalized spacial score (nSPS) is 13.2. The second-order valence-electron chi connectivity index (χ2n) is 18.1. The van der Waals surface area contributed by atoms with E-state index in [4.69, 9.17) is 14.2 Å². The van der Waals surface area contributed by atoms with Crippen molar-refractivity contribution in [2.45, 2.75) is 245 Å². The zero-order valence-corrected chi connectivity index (χ0v) is 44.3. The van der Waals surface area contributed by atoms with Crippen molar-refractivity contribution in [3.63, 3.8) is 0 Å². The van der Waals surface area contributed by atoms with Gasteiger partial charge in [0.15, 0.2) is 6.10 Å². The molecule has 0 heterocycles. The van der Waals surface area contributed by atoms with Crippen LogP contribution in [0.15, 0.2) is 122 Å². The minimum Gasteiger partial charge on any atom is -0.462 e. The second-order valence-corrected chi connectivity index (χ2v) is 18.1. The Morgan fingerprint density at radius 3 is 1.12 bits per heavy atom. The van der Waals surface area contributed by atoms with Gasteiger partial charge in [-0.3, -0.25) is 9.59 Å². The standard InChI is InChI=1S/C63H104O5/c1-4-7-10-13-16-19-22-25-28-31-32-34-36-39-42-45-48-51-54-57-63(65)68-61(59-66-58-55-52-49-46-43-40-37-30-27-24-21-18-15-12-9-6-3)60-67-62(64)56-53-50-47-44-41-38-35-33-29-26-23-20-17-14-11-8-5-2/h7,10,16-17,19-20,25-26,28-29,32,34-35,38-39,42,44,47-48,51,61H,4-6,8-9,11-15,18,21-24,27,30-31,33,36-37,40-41,43,45-46,49-50,52-60H2,1-3H3/b10-7-,19-16-,20-17-,28-25-,29-26-,34-32-,38-35-,42-39-,47-44-,51-48-/t61-/m1/s1. The molecule has 0 radical (unpaired) electrons. The zero-order valence-electron chi connectivity index (χ0n) is 44.3. The van der Waals surface area contributed by atoms with Gasteiger partial charge in [0, 0.05) is 19.4 Å².